The Morgan fingerprint density at radius 3 is 2.37 bits per heavy atom. The molecule has 1 aliphatic heterocycles. The second-order valence-electron chi connectivity index (χ2n) is 7.78. The molecule has 6 heteroatoms. The minimum atomic E-state index is -0.919. The number of esters is 1. The average Bonchev–Trinajstić information content (AvgIpc) is 3.26. The number of carbonyl (C=O) groups is 2. The Morgan fingerprint density at radius 2 is 1.77 bits per heavy atom. The van der Waals surface area contributed by atoms with Crippen molar-refractivity contribution >= 4 is 17.6 Å². The van der Waals surface area contributed by atoms with Gasteiger partial charge in [0.2, 0.25) is 0 Å². The van der Waals surface area contributed by atoms with Crippen LogP contribution in [0.2, 0.25) is 0 Å². The van der Waals surface area contributed by atoms with E-state index in [0.29, 0.717) is 29.5 Å². The molecule has 2 aromatic rings. The number of carbonyl (C=O) groups excluding carboxylic acids is 2. The number of benzene rings is 2. The molecule has 1 aliphatic rings. The lowest BCUT2D eigenvalue weighted by molar-refractivity contribution is -0.123. The van der Waals surface area contributed by atoms with Gasteiger partial charge in [-0.1, -0.05) is 26.0 Å². The third-order valence-electron chi connectivity index (χ3n) is 5.05. The minimum absolute atomic E-state index is 0.135. The van der Waals surface area contributed by atoms with E-state index < -0.39 is 12.1 Å². The van der Waals surface area contributed by atoms with Gasteiger partial charge in [0.25, 0.3) is 5.91 Å². The van der Waals surface area contributed by atoms with Crippen molar-refractivity contribution in [3.05, 3.63) is 59.7 Å². The zero-order valence-corrected chi connectivity index (χ0v) is 17.7. The number of hydrogen-bond donors (Lipinski definition) is 1. The largest absolute Gasteiger partial charge is 0.491 e. The highest BCUT2D eigenvalue weighted by Crippen LogP contribution is 2.19. The van der Waals surface area contributed by atoms with Gasteiger partial charge in [-0.05, 0) is 67.6 Å². The maximum atomic E-state index is 12.3. The molecule has 0 unspecified atom stereocenters. The molecule has 1 saturated heterocycles. The summed E-state index contributed by atoms with van der Waals surface area (Å²) >= 11 is 0. The van der Waals surface area contributed by atoms with Crippen LogP contribution in [-0.4, -0.2) is 37.3 Å². The summed E-state index contributed by atoms with van der Waals surface area (Å²) < 4.78 is 16.5. The van der Waals surface area contributed by atoms with E-state index in [1.807, 2.05) is 24.3 Å². The number of ether oxygens (including phenoxy) is 3. The molecule has 2 atom stereocenters. The van der Waals surface area contributed by atoms with Crippen LogP contribution in [0.3, 0.4) is 0 Å². The predicted molar refractivity (Wildman–Crippen MR) is 115 cm³/mol. The molecular weight excluding hydrogens is 382 g/mol. The maximum absolute atomic E-state index is 12.3. The van der Waals surface area contributed by atoms with Gasteiger partial charge in [0.1, 0.15) is 12.4 Å². The monoisotopic (exact) mass is 411 g/mol. The van der Waals surface area contributed by atoms with Gasteiger partial charge in [0.15, 0.2) is 6.10 Å². The second-order valence-corrected chi connectivity index (χ2v) is 7.78. The molecule has 0 aromatic heterocycles. The molecule has 1 fully saturated rings. The smallest absolute Gasteiger partial charge is 0.338 e. The van der Waals surface area contributed by atoms with E-state index in [-0.39, 0.29) is 12.0 Å². The van der Waals surface area contributed by atoms with Gasteiger partial charge in [0, 0.05) is 12.3 Å². The summed E-state index contributed by atoms with van der Waals surface area (Å²) in [5.74, 6) is 0.149. The number of hydrogen-bond acceptors (Lipinski definition) is 5. The molecule has 1 N–H and O–H groups in total. The second kappa shape index (κ2) is 10.3. The fraction of sp³-hybridized carbons (Fsp3) is 0.417. The minimum Gasteiger partial charge on any atom is -0.491 e. The summed E-state index contributed by atoms with van der Waals surface area (Å²) in [6.45, 7) is 7.05. The Kier molecular flexibility index (Phi) is 7.46. The Bertz CT molecular complexity index is 839. The summed E-state index contributed by atoms with van der Waals surface area (Å²) in [6, 6.07) is 14.3. The van der Waals surface area contributed by atoms with Crippen molar-refractivity contribution in [2.75, 3.05) is 18.5 Å². The van der Waals surface area contributed by atoms with Gasteiger partial charge in [-0.2, -0.15) is 0 Å². The van der Waals surface area contributed by atoms with Crippen molar-refractivity contribution in [1.82, 2.24) is 0 Å². The van der Waals surface area contributed by atoms with Crippen LogP contribution in [0.25, 0.3) is 0 Å². The first-order chi connectivity index (χ1) is 14.4. The fourth-order valence-electron chi connectivity index (χ4n) is 3.13. The zero-order valence-electron chi connectivity index (χ0n) is 17.7. The number of rotatable bonds is 8. The lowest BCUT2D eigenvalue weighted by Crippen LogP contribution is -2.30. The Morgan fingerprint density at radius 1 is 1.07 bits per heavy atom. The summed E-state index contributed by atoms with van der Waals surface area (Å²) in [5.41, 5.74) is 2.22. The molecule has 160 valence electrons. The molecule has 1 amide bonds. The lowest BCUT2D eigenvalue weighted by atomic mass is 10.0. The number of anilines is 1. The van der Waals surface area contributed by atoms with Crippen molar-refractivity contribution in [3.63, 3.8) is 0 Å². The van der Waals surface area contributed by atoms with Gasteiger partial charge >= 0.3 is 5.97 Å². The Balaban J connectivity index is 1.48. The molecule has 0 radical (unpaired) electrons. The molecule has 30 heavy (non-hydrogen) atoms. The van der Waals surface area contributed by atoms with Crippen LogP contribution < -0.4 is 10.1 Å². The summed E-state index contributed by atoms with van der Waals surface area (Å²) in [5, 5.41) is 2.77. The molecule has 0 bridgehead atoms. The third kappa shape index (κ3) is 6.07. The predicted octanol–water partition coefficient (Wildman–Crippen LogP) is 4.55. The first-order valence-corrected chi connectivity index (χ1v) is 10.4. The van der Waals surface area contributed by atoms with Gasteiger partial charge in [-0.25, -0.2) is 4.79 Å². The summed E-state index contributed by atoms with van der Waals surface area (Å²) in [4.78, 5) is 24.7. The average molecular weight is 411 g/mol. The molecule has 0 aliphatic carbocycles. The van der Waals surface area contributed by atoms with Crippen LogP contribution in [0.1, 0.15) is 55.5 Å². The lowest BCUT2D eigenvalue weighted by Gasteiger charge is -2.15. The molecule has 1 heterocycles. The van der Waals surface area contributed by atoms with Crippen LogP contribution in [0.15, 0.2) is 48.5 Å². The molecule has 3 rings (SSSR count). The summed E-state index contributed by atoms with van der Waals surface area (Å²) in [6.07, 6.45) is 1.29. The highest BCUT2D eigenvalue weighted by molar-refractivity contribution is 5.97. The van der Waals surface area contributed by atoms with Crippen LogP contribution in [0.4, 0.5) is 5.69 Å². The zero-order chi connectivity index (χ0) is 21.5. The van der Waals surface area contributed by atoms with Crippen LogP contribution in [-0.2, 0) is 14.3 Å². The van der Waals surface area contributed by atoms with Crippen molar-refractivity contribution < 1.29 is 23.8 Å². The van der Waals surface area contributed by atoms with Gasteiger partial charge in [0.05, 0.1) is 11.7 Å². The van der Waals surface area contributed by atoms with E-state index in [1.165, 1.54) is 5.56 Å². The van der Waals surface area contributed by atoms with E-state index in [2.05, 4.69) is 19.2 Å². The van der Waals surface area contributed by atoms with Crippen molar-refractivity contribution in [2.45, 2.75) is 51.7 Å². The molecular formula is C24H29NO5. The van der Waals surface area contributed by atoms with Crippen molar-refractivity contribution in [2.24, 2.45) is 0 Å². The van der Waals surface area contributed by atoms with Crippen LogP contribution >= 0.6 is 0 Å². The van der Waals surface area contributed by atoms with E-state index in [4.69, 9.17) is 14.2 Å². The topological polar surface area (TPSA) is 73.9 Å². The molecule has 0 spiro atoms. The van der Waals surface area contributed by atoms with Crippen LogP contribution in [0, 0.1) is 0 Å². The van der Waals surface area contributed by atoms with E-state index in [1.54, 1.807) is 31.2 Å². The van der Waals surface area contributed by atoms with Crippen molar-refractivity contribution in [3.8, 4) is 5.75 Å². The SMILES string of the molecule is CC(C)c1ccc(NC(=O)[C@@H](C)OC(=O)c2ccc(OC[C@H]3CCCO3)cc2)cc1. The van der Waals surface area contributed by atoms with E-state index >= 15 is 0 Å². The Labute approximate surface area is 177 Å². The van der Waals surface area contributed by atoms with Crippen molar-refractivity contribution in [1.29, 1.82) is 0 Å². The number of nitrogens with one attached hydrogen (secondary N) is 1. The van der Waals surface area contributed by atoms with Gasteiger partial charge in [-0.3, -0.25) is 4.79 Å². The maximum Gasteiger partial charge on any atom is 0.338 e. The first-order valence-electron chi connectivity index (χ1n) is 10.4. The summed E-state index contributed by atoms with van der Waals surface area (Å²) in [7, 11) is 0. The third-order valence-corrected chi connectivity index (χ3v) is 5.05. The fourth-order valence-corrected chi connectivity index (χ4v) is 3.13. The van der Waals surface area contributed by atoms with E-state index in [0.717, 1.165) is 19.4 Å². The quantitative estimate of drug-likeness (QED) is 0.645. The van der Waals surface area contributed by atoms with Gasteiger partial charge in [-0.15, -0.1) is 0 Å². The molecule has 2 aromatic carbocycles. The molecule has 0 saturated carbocycles. The van der Waals surface area contributed by atoms with Crippen LogP contribution in [0.5, 0.6) is 5.75 Å². The highest BCUT2D eigenvalue weighted by atomic mass is 16.5. The molecule has 6 nitrogen and oxygen atoms in total. The van der Waals surface area contributed by atoms with E-state index in [9.17, 15) is 9.59 Å². The first kappa shape index (κ1) is 21.8. The Hall–Kier alpha value is -2.86. The standard InChI is InChI=1S/C24H29NO5/c1-16(2)18-6-10-20(11-7-18)25-23(26)17(3)30-24(27)19-8-12-21(13-9-19)29-15-22-5-4-14-28-22/h6-13,16-17,22H,4-5,14-15H2,1-3H3,(H,25,26)/t17-,22-/m1/s1. The van der Waals surface area contributed by atoms with Gasteiger partial charge < -0.3 is 19.5 Å². The highest BCUT2D eigenvalue weighted by Gasteiger charge is 2.20. The normalized spacial score (nSPS) is 16.9. The number of amides is 1.